The van der Waals surface area contributed by atoms with Crippen LogP contribution < -0.4 is 9.47 Å². The lowest BCUT2D eigenvalue weighted by atomic mass is 9.96. The van der Waals surface area contributed by atoms with Gasteiger partial charge < -0.3 is 14.6 Å². The van der Waals surface area contributed by atoms with E-state index in [-0.39, 0.29) is 12.7 Å². The number of benzene rings is 1. The summed E-state index contributed by atoms with van der Waals surface area (Å²) in [6, 6.07) is 5.57. The van der Waals surface area contributed by atoms with Gasteiger partial charge in [0.1, 0.15) is 0 Å². The van der Waals surface area contributed by atoms with Crippen LogP contribution >= 0.6 is 0 Å². The molecular weight excluding hydrogens is 208 g/mol. The monoisotopic (exact) mass is 222 g/mol. The van der Waals surface area contributed by atoms with Crippen molar-refractivity contribution in [3.63, 3.8) is 0 Å². The van der Waals surface area contributed by atoms with Crippen molar-refractivity contribution in [3.8, 4) is 11.5 Å². The first-order valence-electron chi connectivity index (χ1n) is 5.32. The third kappa shape index (κ3) is 1.96. The Morgan fingerprint density at radius 2 is 2.31 bits per heavy atom. The number of fused-ring (bicyclic) bond motifs is 1. The fraction of sp³-hybridized carbons (Fsp3) is 0.417. The second-order valence-electron chi connectivity index (χ2n) is 3.80. The molecule has 1 N–H and O–H groups in total. The second-order valence-corrected chi connectivity index (χ2v) is 3.80. The number of carboxylic acid groups (broad SMARTS) is 1. The van der Waals surface area contributed by atoms with E-state index in [0.29, 0.717) is 24.3 Å². The van der Waals surface area contributed by atoms with E-state index in [4.69, 9.17) is 14.6 Å². The topological polar surface area (TPSA) is 55.8 Å². The Morgan fingerprint density at radius 3 is 3.00 bits per heavy atom. The standard InChI is InChI=1S/C12H14O4/c1-2-8(12(13)14)6-9-4-3-5-10-11(9)16-7-15-10/h3-5,8H,2,6-7H2,1H3,(H,13,14). The lowest BCUT2D eigenvalue weighted by molar-refractivity contribution is -0.141. The highest BCUT2D eigenvalue weighted by atomic mass is 16.7. The van der Waals surface area contributed by atoms with E-state index in [1.807, 2.05) is 25.1 Å². The summed E-state index contributed by atoms with van der Waals surface area (Å²) >= 11 is 0. The van der Waals surface area contributed by atoms with Crippen LogP contribution in [0, 0.1) is 5.92 Å². The maximum absolute atomic E-state index is 11.0. The molecule has 1 aromatic carbocycles. The molecule has 1 heterocycles. The fourth-order valence-electron chi connectivity index (χ4n) is 1.82. The molecule has 0 aliphatic carbocycles. The van der Waals surface area contributed by atoms with Gasteiger partial charge in [-0.05, 0) is 24.5 Å². The molecule has 4 nitrogen and oxygen atoms in total. The molecule has 0 radical (unpaired) electrons. The summed E-state index contributed by atoms with van der Waals surface area (Å²) in [6.45, 7) is 2.09. The van der Waals surface area contributed by atoms with E-state index in [9.17, 15) is 4.79 Å². The number of hydrogen-bond acceptors (Lipinski definition) is 3. The molecule has 0 saturated heterocycles. The highest BCUT2D eigenvalue weighted by Crippen LogP contribution is 2.36. The smallest absolute Gasteiger partial charge is 0.306 e. The number of para-hydroxylation sites is 1. The summed E-state index contributed by atoms with van der Waals surface area (Å²) in [4.78, 5) is 11.0. The van der Waals surface area contributed by atoms with Gasteiger partial charge in [0.2, 0.25) is 6.79 Å². The molecule has 1 aliphatic rings. The van der Waals surface area contributed by atoms with E-state index >= 15 is 0 Å². The minimum absolute atomic E-state index is 0.218. The summed E-state index contributed by atoms with van der Waals surface area (Å²) in [5.74, 6) is 0.273. The third-order valence-corrected chi connectivity index (χ3v) is 2.79. The molecule has 0 saturated carbocycles. The van der Waals surface area contributed by atoms with Crippen molar-refractivity contribution in [1.82, 2.24) is 0 Å². The number of rotatable bonds is 4. The molecule has 1 aliphatic heterocycles. The van der Waals surface area contributed by atoms with Gasteiger partial charge in [0.25, 0.3) is 0 Å². The molecule has 4 heteroatoms. The van der Waals surface area contributed by atoms with Crippen LogP contribution in [0.1, 0.15) is 18.9 Å². The molecule has 86 valence electrons. The van der Waals surface area contributed by atoms with Crippen LogP contribution in [0.25, 0.3) is 0 Å². The van der Waals surface area contributed by atoms with Gasteiger partial charge >= 0.3 is 5.97 Å². The minimum atomic E-state index is -0.765. The van der Waals surface area contributed by atoms with Gasteiger partial charge in [-0.3, -0.25) is 4.79 Å². The van der Waals surface area contributed by atoms with Crippen molar-refractivity contribution < 1.29 is 19.4 Å². The first-order valence-corrected chi connectivity index (χ1v) is 5.32. The number of carbonyl (C=O) groups is 1. The molecule has 16 heavy (non-hydrogen) atoms. The van der Waals surface area contributed by atoms with Gasteiger partial charge in [-0.25, -0.2) is 0 Å². The third-order valence-electron chi connectivity index (χ3n) is 2.79. The second kappa shape index (κ2) is 4.43. The maximum Gasteiger partial charge on any atom is 0.306 e. The SMILES string of the molecule is CCC(Cc1cccc2c1OCO2)C(=O)O. The lowest BCUT2D eigenvalue weighted by Crippen LogP contribution is -2.15. The molecule has 1 unspecified atom stereocenters. The van der Waals surface area contributed by atoms with Crippen molar-refractivity contribution in [3.05, 3.63) is 23.8 Å². The zero-order valence-corrected chi connectivity index (χ0v) is 9.10. The molecular formula is C12H14O4. The Morgan fingerprint density at radius 1 is 1.50 bits per heavy atom. The zero-order chi connectivity index (χ0) is 11.5. The van der Waals surface area contributed by atoms with E-state index < -0.39 is 5.97 Å². The summed E-state index contributed by atoms with van der Waals surface area (Å²) < 4.78 is 10.6. The zero-order valence-electron chi connectivity index (χ0n) is 9.10. The van der Waals surface area contributed by atoms with Gasteiger partial charge in [-0.15, -0.1) is 0 Å². The summed E-state index contributed by atoms with van der Waals surface area (Å²) in [5.41, 5.74) is 0.907. The molecule has 0 bridgehead atoms. The average molecular weight is 222 g/mol. The van der Waals surface area contributed by atoms with Gasteiger partial charge in [0, 0.05) is 0 Å². The molecule has 0 spiro atoms. The fourth-order valence-corrected chi connectivity index (χ4v) is 1.82. The predicted octanol–water partition coefficient (Wildman–Crippen LogP) is 2.07. The normalized spacial score (nSPS) is 14.8. The molecule has 0 aromatic heterocycles. The van der Waals surface area contributed by atoms with Gasteiger partial charge in [-0.2, -0.15) is 0 Å². The van der Waals surface area contributed by atoms with Gasteiger partial charge in [-0.1, -0.05) is 19.1 Å². The first-order chi connectivity index (χ1) is 7.72. The Bertz CT molecular complexity index is 400. The van der Waals surface area contributed by atoms with E-state index in [1.54, 1.807) is 0 Å². The highest BCUT2D eigenvalue weighted by Gasteiger charge is 2.22. The van der Waals surface area contributed by atoms with Crippen LogP contribution in [0.3, 0.4) is 0 Å². The summed E-state index contributed by atoms with van der Waals surface area (Å²) in [6.07, 6.45) is 1.10. The van der Waals surface area contributed by atoms with Crippen LogP contribution in [0.5, 0.6) is 11.5 Å². The van der Waals surface area contributed by atoms with Crippen LogP contribution in [0.4, 0.5) is 0 Å². The molecule has 0 amide bonds. The Labute approximate surface area is 93.8 Å². The van der Waals surface area contributed by atoms with Crippen molar-refractivity contribution in [1.29, 1.82) is 0 Å². The first kappa shape index (κ1) is 10.8. The highest BCUT2D eigenvalue weighted by molar-refractivity contribution is 5.70. The Hall–Kier alpha value is -1.71. The van der Waals surface area contributed by atoms with E-state index in [1.165, 1.54) is 0 Å². The van der Waals surface area contributed by atoms with Gasteiger partial charge in [0.05, 0.1) is 5.92 Å². The molecule has 1 atom stereocenters. The van der Waals surface area contributed by atoms with E-state index in [0.717, 1.165) is 5.56 Å². The van der Waals surface area contributed by atoms with Crippen molar-refractivity contribution in [2.24, 2.45) is 5.92 Å². The molecule has 0 fully saturated rings. The quantitative estimate of drug-likeness (QED) is 0.847. The van der Waals surface area contributed by atoms with Crippen molar-refractivity contribution >= 4 is 5.97 Å². The predicted molar refractivity (Wildman–Crippen MR) is 57.7 cm³/mol. The molecule has 2 rings (SSSR count). The number of hydrogen-bond donors (Lipinski definition) is 1. The average Bonchev–Trinajstić information content (AvgIpc) is 2.73. The maximum atomic E-state index is 11.0. The van der Waals surface area contributed by atoms with Crippen LogP contribution in [0.15, 0.2) is 18.2 Å². The van der Waals surface area contributed by atoms with Gasteiger partial charge in [0.15, 0.2) is 11.5 Å². The largest absolute Gasteiger partial charge is 0.481 e. The Balaban J connectivity index is 2.21. The lowest BCUT2D eigenvalue weighted by Gasteiger charge is -2.11. The van der Waals surface area contributed by atoms with E-state index in [2.05, 4.69) is 0 Å². The minimum Gasteiger partial charge on any atom is -0.481 e. The summed E-state index contributed by atoms with van der Waals surface area (Å²) in [7, 11) is 0. The van der Waals surface area contributed by atoms with Crippen LogP contribution in [-0.4, -0.2) is 17.9 Å². The van der Waals surface area contributed by atoms with Crippen LogP contribution in [0.2, 0.25) is 0 Å². The van der Waals surface area contributed by atoms with Crippen molar-refractivity contribution in [2.45, 2.75) is 19.8 Å². The summed E-state index contributed by atoms with van der Waals surface area (Å²) in [5, 5.41) is 9.01. The Kier molecular flexibility index (Phi) is 2.99. The molecule has 1 aromatic rings. The van der Waals surface area contributed by atoms with Crippen LogP contribution in [-0.2, 0) is 11.2 Å². The van der Waals surface area contributed by atoms with Crippen molar-refractivity contribution in [2.75, 3.05) is 6.79 Å². The number of carboxylic acids is 1. The number of aliphatic carboxylic acids is 1. The number of ether oxygens (including phenoxy) is 2.